The van der Waals surface area contributed by atoms with Gasteiger partial charge in [-0.05, 0) is 50.6 Å². The van der Waals surface area contributed by atoms with E-state index in [1.807, 2.05) is 44.2 Å². The molecule has 0 bridgehead atoms. The van der Waals surface area contributed by atoms with Gasteiger partial charge >= 0.3 is 0 Å². The predicted molar refractivity (Wildman–Crippen MR) is 90.6 cm³/mol. The van der Waals surface area contributed by atoms with E-state index >= 15 is 0 Å². The van der Waals surface area contributed by atoms with Gasteiger partial charge in [0, 0.05) is 5.56 Å². The molecule has 0 saturated heterocycles. The summed E-state index contributed by atoms with van der Waals surface area (Å²) in [5, 5.41) is 13.3. The number of aliphatic hydroxyl groups is 1. The van der Waals surface area contributed by atoms with Gasteiger partial charge in [-0.25, -0.2) is 0 Å². The van der Waals surface area contributed by atoms with Crippen molar-refractivity contribution in [2.45, 2.75) is 32.5 Å². The van der Waals surface area contributed by atoms with Crippen LogP contribution in [0.25, 0.3) is 0 Å². The van der Waals surface area contributed by atoms with Crippen molar-refractivity contribution in [1.82, 2.24) is 5.32 Å². The summed E-state index contributed by atoms with van der Waals surface area (Å²) in [6, 6.07) is 16.2. The minimum atomic E-state index is -1.11. The molecule has 0 heterocycles. The highest BCUT2D eigenvalue weighted by Crippen LogP contribution is 2.19. The van der Waals surface area contributed by atoms with E-state index in [-0.39, 0.29) is 18.6 Å². The molecular weight excluding hydrogens is 290 g/mol. The van der Waals surface area contributed by atoms with E-state index in [9.17, 15) is 9.90 Å². The average molecular weight is 313 g/mol. The Morgan fingerprint density at radius 1 is 1.13 bits per heavy atom. The Morgan fingerprint density at radius 2 is 1.74 bits per heavy atom. The highest BCUT2D eigenvalue weighted by Gasteiger charge is 2.23. The Bertz CT molecular complexity index is 633. The molecule has 4 nitrogen and oxygen atoms in total. The first-order valence-electron chi connectivity index (χ1n) is 7.71. The molecule has 0 spiro atoms. The van der Waals surface area contributed by atoms with Crippen molar-refractivity contribution in [3.8, 4) is 5.75 Å². The van der Waals surface area contributed by atoms with Gasteiger partial charge in [0.1, 0.15) is 11.4 Å². The molecule has 23 heavy (non-hydrogen) atoms. The monoisotopic (exact) mass is 313 g/mol. The highest BCUT2D eigenvalue weighted by molar-refractivity contribution is 5.94. The molecule has 0 fully saturated rings. The fourth-order valence-corrected chi connectivity index (χ4v) is 2.21. The number of carbonyl (C=O) groups excluding carboxylic acids is 1. The topological polar surface area (TPSA) is 58.6 Å². The average Bonchev–Trinajstić information content (AvgIpc) is 2.54. The molecule has 0 aliphatic heterocycles. The second kappa shape index (κ2) is 7.29. The maximum Gasteiger partial charge on any atom is 0.251 e. The maximum absolute atomic E-state index is 12.2. The fourth-order valence-electron chi connectivity index (χ4n) is 2.21. The second-order valence-corrected chi connectivity index (χ2v) is 6.01. The van der Waals surface area contributed by atoms with Crippen molar-refractivity contribution in [3.63, 3.8) is 0 Å². The van der Waals surface area contributed by atoms with Crippen LogP contribution in [0.1, 0.15) is 36.7 Å². The lowest BCUT2D eigenvalue weighted by molar-refractivity contribution is 0.0526. The number of hydrogen-bond donors (Lipinski definition) is 2. The Kier molecular flexibility index (Phi) is 5.40. The third-order valence-electron chi connectivity index (χ3n) is 3.48. The molecule has 2 aromatic rings. The summed E-state index contributed by atoms with van der Waals surface area (Å²) >= 11 is 0. The first kappa shape index (κ1) is 17.0. The van der Waals surface area contributed by atoms with Gasteiger partial charge in [-0.1, -0.05) is 30.3 Å². The number of carbonyl (C=O) groups is 1. The first-order chi connectivity index (χ1) is 10.9. The zero-order chi connectivity index (χ0) is 16.9. The van der Waals surface area contributed by atoms with E-state index in [0.29, 0.717) is 5.56 Å². The number of hydrogen-bond acceptors (Lipinski definition) is 3. The molecule has 1 atom stereocenters. The number of benzene rings is 2. The van der Waals surface area contributed by atoms with Crippen LogP contribution >= 0.6 is 0 Å². The summed E-state index contributed by atoms with van der Waals surface area (Å²) in [7, 11) is 0. The van der Waals surface area contributed by atoms with Crippen LogP contribution in [-0.2, 0) is 5.60 Å². The van der Waals surface area contributed by atoms with Crippen molar-refractivity contribution in [2.75, 3.05) is 6.54 Å². The molecule has 0 aliphatic rings. The van der Waals surface area contributed by atoms with Crippen LogP contribution < -0.4 is 10.1 Å². The maximum atomic E-state index is 12.2. The van der Waals surface area contributed by atoms with E-state index in [2.05, 4.69) is 5.32 Å². The Hall–Kier alpha value is -2.33. The minimum Gasteiger partial charge on any atom is -0.491 e. The fraction of sp³-hybridized carbons (Fsp3) is 0.316. The van der Waals surface area contributed by atoms with E-state index in [4.69, 9.17) is 4.74 Å². The lowest BCUT2D eigenvalue weighted by Crippen LogP contribution is -2.38. The molecule has 122 valence electrons. The summed E-state index contributed by atoms with van der Waals surface area (Å²) in [4.78, 5) is 12.2. The zero-order valence-corrected chi connectivity index (χ0v) is 13.7. The molecule has 4 heteroatoms. The summed E-state index contributed by atoms with van der Waals surface area (Å²) in [6.07, 6.45) is 0.0932. The molecular formula is C19H23NO3. The standard InChI is InChI=1S/C19H23NO3/c1-14(2)23-17-11-9-15(10-12-17)18(21)20-13-19(3,22)16-7-5-4-6-8-16/h4-12,14,22H,13H2,1-3H3,(H,20,21)/t19-/m1/s1. The van der Waals surface area contributed by atoms with Gasteiger partial charge in [0.2, 0.25) is 0 Å². The van der Waals surface area contributed by atoms with Gasteiger partial charge < -0.3 is 15.2 Å². The summed E-state index contributed by atoms with van der Waals surface area (Å²) < 4.78 is 5.55. The summed E-state index contributed by atoms with van der Waals surface area (Å²) in [5.74, 6) is 0.505. The van der Waals surface area contributed by atoms with Crippen LogP contribution in [0, 0.1) is 0 Å². The Balaban J connectivity index is 1.96. The third kappa shape index (κ3) is 4.83. The van der Waals surface area contributed by atoms with Crippen molar-refractivity contribution >= 4 is 5.91 Å². The second-order valence-electron chi connectivity index (χ2n) is 6.01. The zero-order valence-electron chi connectivity index (χ0n) is 13.7. The van der Waals surface area contributed by atoms with Crippen LogP contribution in [0.15, 0.2) is 54.6 Å². The van der Waals surface area contributed by atoms with Gasteiger partial charge in [-0.3, -0.25) is 4.79 Å². The summed E-state index contributed by atoms with van der Waals surface area (Å²) in [6.45, 7) is 5.72. The molecule has 2 aromatic carbocycles. The van der Waals surface area contributed by atoms with Crippen molar-refractivity contribution < 1.29 is 14.6 Å². The quantitative estimate of drug-likeness (QED) is 0.861. The van der Waals surface area contributed by atoms with E-state index in [0.717, 1.165) is 11.3 Å². The number of amides is 1. The molecule has 0 aliphatic carbocycles. The Labute approximate surface area is 137 Å². The highest BCUT2D eigenvalue weighted by atomic mass is 16.5. The van der Waals surface area contributed by atoms with Crippen LogP contribution in [0.5, 0.6) is 5.75 Å². The van der Waals surface area contributed by atoms with E-state index in [1.54, 1.807) is 31.2 Å². The minimum absolute atomic E-state index is 0.0932. The van der Waals surface area contributed by atoms with Crippen molar-refractivity contribution in [3.05, 3.63) is 65.7 Å². The van der Waals surface area contributed by atoms with Crippen molar-refractivity contribution in [2.24, 2.45) is 0 Å². The smallest absolute Gasteiger partial charge is 0.251 e. The number of ether oxygens (including phenoxy) is 1. The molecule has 2 rings (SSSR count). The van der Waals surface area contributed by atoms with E-state index in [1.165, 1.54) is 0 Å². The van der Waals surface area contributed by atoms with Crippen LogP contribution in [0.3, 0.4) is 0 Å². The molecule has 0 saturated carbocycles. The lowest BCUT2D eigenvalue weighted by atomic mass is 9.96. The molecule has 0 unspecified atom stereocenters. The van der Waals surface area contributed by atoms with Crippen LogP contribution in [0.2, 0.25) is 0 Å². The molecule has 2 N–H and O–H groups in total. The van der Waals surface area contributed by atoms with Gasteiger partial charge in [0.05, 0.1) is 12.6 Å². The largest absolute Gasteiger partial charge is 0.491 e. The summed E-state index contributed by atoms with van der Waals surface area (Å²) in [5.41, 5.74) is 0.184. The first-order valence-corrected chi connectivity index (χ1v) is 7.71. The Morgan fingerprint density at radius 3 is 2.30 bits per heavy atom. The molecule has 0 radical (unpaired) electrons. The molecule has 0 aromatic heterocycles. The van der Waals surface area contributed by atoms with Gasteiger partial charge in [-0.15, -0.1) is 0 Å². The van der Waals surface area contributed by atoms with E-state index < -0.39 is 5.60 Å². The lowest BCUT2D eigenvalue weighted by Gasteiger charge is -2.24. The van der Waals surface area contributed by atoms with Gasteiger partial charge in [0.25, 0.3) is 5.91 Å². The number of nitrogens with one attached hydrogen (secondary N) is 1. The number of rotatable bonds is 6. The normalized spacial score (nSPS) is 13.4. The predicted octanol–water partition coefficient (Wildman–Crippen LogP) is 3.11. The van der Waals surface area contributed by atoms with Gasteiger partial charge in [0.15, 0.2) is 0 Å². The van der Waals surface area contributed by atoms with Crippen molar-refractivity contribution in [1.29, 1.82) is 0 Å². The van der Waals surface area contributed by atoms with Crippen LogP contribution in [-0.4, -0.2) is 23.7 Å². The van der Waals surface area contributed by atoms with Gasteiger partial charge in [-0.2, -0.15) is 0 Å². The SMILES string of the molecule is CC(C)Oc1ccc(C(=O)NC[C@@](C)(O)c2ccccc2)cc1. The van der Waals surface area contributed by atoms with Crippen LogP contribution in [0.4, 0.5) is 0 Å². The molecule has 1 amide bonds. The third-order valence-corrected chi connectivity index (χ3v) is 3.48.